The summed E-state index contributed by atoms with van der Waals surface area (Å²) in [4.78, 5) is 104. The van der Waals surface area contributed by atoms with Crippen LogP contribution in [0.3, 0.4) is 0 Å². The Bertz CT molecular complexity index is 1310. The highest BCUT2D eigenvalue weighted by atomic mass is 31.2. The molecule has 1 aromatic carbocycles. The molecule has 12 N–H and O–H groups in total. The quantitative estimate of drug-likeness (QED) is 0.0799. The van der Waals surface area contributed by atoms with E-state index >= 15 is 0 Å². The van der Waals surface area contributed by atoms with Gasteiger partial charge in [0.1, 0.15) is 29.9 Å². The number of hydrogen-bond acceptors (Lipinski definition) is 11. The number of phenolic OH excluding ortho intramolecular Hbond substituents is 1. The van der Waals surface area contributed by atoms with Crippen LogP contribution in [0.4, 0.5) is 0 Å². The number of aliphatic carboxylic acids is 1. The van der Waals surface area contributed by atoms with Crippen LogP contribution in [0.5, 0.6) is 5.75 Å². The zero-order valence-corrected chi connectivity index (χ0v) is 25.3. The van der Waals surface area contributed by atoms with Crippen molar-refractivity contribution in [1.29, 1.82) is 0 Å². The summed E-state index contributed by atoms with van der Waals surface area (Å²) in [6.45, 7) is 1.58. The molecule has 0 aromatic heterocycles. The van der Waals surface area contributed by atoms with Crippen molar-refractivity contribution in [3.63, 3.8) is 0 Å². The van der Waals surface area contributed by atoms with Gasteiger partial charge in [0, 0.05) is 6.42 Å². The summed E-state index contributed by atoms with van der Waals surface area (Å²) in [7, 11) is -11.9. The maximum absolute atomic E-state index is 13.7. The molecule has 1 rings (SSSR count). The van der Waals surface area contributed by atoms with Crippen molar-refractivity contribution in [3.05, 3.63) is 29.8 Å². The number of nitrogens with zero attached hydrogens (tertiary/aromatic N) is 2. The van der Waals surface area contributed by atoms with Gasteiger partial charge in [-0.05, 0) is 38.5 Å². The highest BCUT2D eigenvalue weighted by molar-refractivity contribution is 7.50. The number of rotatable bonds is 15. The zero-order valence-electron chi connectivity index (χ0n) is 23.5. The van der Waals surface area contributed by atoms with Crippen LogP contribution in [0.15, 0.2) is 24.3 Å². The molecule has 0 spiro atoms. The van der Waals surface area contributed by atoms with Gasteiger partial charge >= 0.3 is 21.5 Å². The van der Waals surface area contributed by atoms with Gasteiger partial charge in [0.15, 0.2) is 0 Å². The Morgan fingerprint density at radius 2 is 1.36 bits per heavy atom. The molecule has 0 saturated heterocycles. The number of nitrogens with two attached hydrogens (primary N) is 1. The third kappa shape index (κ3) is 10.3. The summed E-state index contributed by atoms with van der Waals surface area (Å²) in [5.74, 6) is -8.24. The number of carboxylic acids is 1. The second-order valence-electron chi connectivity index (χ2n) is 9.56. The van der Waals surface area contributed by atoms with Gasteiger partial charge in [-0.25, -0.2) is 18.5 Å². The molecular formula is C22H35N5O15P2. The van der Waals surface area contributed by atoms with Crippen LogP contribution in [0.2, 0.25) is 0 Å². The van der Waals surface area contributed by atoms with Gasteiger partial charge < -0.3 is 56.4 Å². The molecule has 44 heavy (non-hydrogen) atoms. The van der Waals surface area contributed by atoms with Gasteiger partial charge in [-0.1, -0.05) is 12.1 Å². The van der Waals surface area contributed by atoms with E-state index in [4.69, 9.17) is 10.8 Å². The molecule has 6 atom stereocenters. The van der Waals surface area contributed by atoms with Crippen molar-refractivity contribution in [2.24, 2.45) is 5.73 Å². The van der Waals surface area contributed by atoms with Crippen molar-refractivity contribution >= 4 is 45.1 Å². The monoisotopic (exact) mass is 671 g/mol. The van der Waals surface area contributed by atoms with E-state index in [2.05, 4.69) is 0 Å². The summed E-state index contributed by atoms with van der Waals surface area (Å²) in [6, 6.07) is -5.76. The fourth-order valence-electron chi connectivity index (χ4n) is 3.73. The first kappa shape index (κ1) is 38.6. The SMILES string of the molecule is C[C@H](N)C(=O)N([C@H](C(=O)N([C@@H](Cc1ccc(O)cc1)C(=O)N[C@@H](CO)C(=O)N[C@@H](C)C(=O)O)P(=O)(O)O)[C@@H](C)O)P(=O)(O)O. The third-order valence-corrected chi connectivity index (χ3v) is 7.93. The lowest BCUT2D eigenvalue weighted by Crippen LogP contribution is -2.61. The van der Waals surface area contributed by atoms with Crippen molar-refractivity contribution in [1.82, 2.24) is 20.0 Å². The molecule has 4 amide bonds. The second-order valence-corrected chi connectivity index (χ2v) is 12.5. The highest BCUT2D eigenvalue weighted by Crippen LogP contribution is 2.47. The minimum absolute atomic E-state index is 0.0193. The topological polar surface area (TPSA) is 338 Å². The Morgan fingerprint density at radius 1 is 0.864 bits per heavy atom. The molecule has 0 aliphatic rings. The number of amides is 4. The first-order valence-corrected chi connectivity index (χ1v) is 15.6. The van der Waals surface area contributed by atoms with Crippen LogP contribution in [0, 0.1) is 0 Å². The number of aliphatic hydroxyl groups excluding tert-OH is 2. The molecule has 1 aromatic rings. The number of aliphatic hydroxyl groups is 2. The number of benzene rings is 1. The Labute approximate surface area is 249 Å². The van der Waals surface area contributed by atoms with E-state index < -0.39 is 104 Å². The van der Waals surface area contributed by atoms with E-state index in [1.807, 2.05) is 10.6 Å². The van der Waals surface area contributed by atoms with E-state index in [-0.39, 0.29) is 11.3 Å². The summed E-state index contributed by atoms with van der Waals surface area (Å²) in [5.41, 5.74) is 5.45. The fraction of sp³-hybridized carbons (Fsp3) is 0.500. The molecule has 0 aliphatic carbocycles. The van der Waals surface area contributed by atoms with Crippen LogP contribution in [-0.2, 0) is 39.5 Å². The normalized spacial score (nSPS) is 16.0. The van der Waals surface area contributed by atoms with Gasteiger partial charge in [0.2, 0.25) is 17.7 Å². The molecule has 0 heterocycles. The molecular weight excluding hydrogens is 636 g/mol. The van der Waals surface area contributed by atoms with Gasteiger partial charge in [0.05, 0.1) is 18.8 Å². The molecule has 0 radical (unpaired) electrons. The summed E-state index contributed by atoms with van der Waals surface area (Å²) >= 11 is 0. The molecule has 0 fully saturated rings. The van der Waals surface area contributed by atoms with E-state index in [0.717, 1.165) is 45.0 Å². The first-order chi connectivity index (χ1) is 20.0. The van der Waals surface area contributed by atoms with Crippen LogP contribution < -0.4 is 16.4 Å². The van der Waals surface area contributed by atoms with Crippen molar-refractivity contribution in [2.75, 3.05) is 6.61 Å². The van der Waals surface area contributed by atoms with Crippen LogP contribution >= 0.6 is 15.5 Å². The van der Waals surface area contributed by atoms with Gasteiger partial charge in [-0.2, -0.15) is 0 Å². The summed E-state index contributed by atoms with van der Waals surface area (Å²) in [5, 5.41) is 42.5. The predicted molar refractivity (Wildman–Crippen MR) is 147 cm³/mol. The van der Waals surface area contributed by atoms with Crippen molar-refractivity contribution < 1.29 is 73.1 Å². The lowest BCUT2D eigenvalue weighted by molar-refractivity contribution is -0.147. The maximum atomic E-state index is 13.7. The van der Waals surface area contributed by atoms with Crippen LogP contribution in [-0.4, -0.2) is 122 Å². The third-order valence-electron chi connectivity index (χ3n) is 5.88. The average Bonchev–Trinajstić information content (AvgIpc) is 2.88. The Balaban J connectivity index is 3.82. The Morgan fingerprint density at radius 3 is 1.75 bits per heavy atom. The minimum atomic E-state index is -6.04. The predicted octanol–water partition coefficient (Wildman–Crippen LogP) is -3.69. The van der Waals surface area contributed by atoms with E-state index in [0.29, 0.717) is 0 Å². The molecule has 22 heteroatoms. The number of carboxylic acid groups (broad SMARTS) is 1. The number of hydrogen-bond donors (Lipinski definition) is 11. The first-order valence-electron chi connectivity index (χ1n) is 12.5. The lowest BCUT2D eigenvalue weighted by atomic mass is 10.0. The molecule has 20 nitrogen and oxygen atoms in total. The molecule has 248 valence electrons. The largest absolute Gasteiger partial charge is 0.508 e. The van der Waals surface area contributed by atoms with E-state index in [1.54, 1.807) is 0 Å². The van der Waals surface area contributed by atoms with E-state index in [1.165, 1.54) is 0 Å². The van der Waals surface area contributed by atoms with Crippen LogP contribution in [0.1, 0.15) is 26.3 Å². The fourth-order valence-corrected chi connectivity index (χ4v) is 5.71. The molecule has 0 aliphatic heterocycles. The summed E-state index contributed by atoms with van der Waals surface area (Å²) < 4.78 is 24.1. The van der Waals surface area contributed by atoms with Crippen molar-refractivity contribution in [2.45, 2.75) is 63.5 Å². The number of aromatic hydroxyl groups is 1. The standard InChI is InChI=1S/C22H35N5O15P2/c1-10(23)20(33)27(44(40,41)42)17(12(3)29)21(34)26(43(37,38)39)16(8-13-4-6-14(30)7-5-13)19(32)25-15(9-28)18(31)24-11(2)22(35)36/h4-7,10-12,15-17,28-30H,8-9,23H2,1-3H3,(H,24,31)(H,25,32)(H,35,36)(H2,37,38,39)(H2,40,41,42)/t10-,11-,12+,15-,16-,17-/m0/s1. The minimum Gasteiger partial charge on any atom is -0.508 e. The van der Waals surface area contributed by atoms with Crippen molar-refractivity contribution in [3.8, 4) is 5.75 Å². The van der Waals surface area contributed by atoms with Gasteiger partial charge in [0.25, 0.3) is 5.91 Å². The Kier molecular flexibility index (Phi) is 13.6. The molecule has 0 bridgehead atoms. The maximum Gasteiger partial charge on any atom is 0.433 e. The zero-order chi connectivity index (χ0) is 34.3. The average molecular weight is 671 g/mol. The smallest absolute Gasteiger partial charge is 0.433 e. The van der Waals surface area contributed by atoms with E-state index in [9.17, 15) is 68.0 Å². The highest BCUT2D eigenvalue weighted by Gasteiger charge is 2.51. The molecule has 0 unspecified atom stereocenters. The number of carbonyl (C=O) groups is 5. The lowest BCUT2D eigenvalue weighted by Gasteiger charge is -2.39. The van der Waals surface area contributed by atoms with Gasteiger partial charge in [-0.3, -0.25) is 24.0 Å². The number of carbonyl (C=O) groups excluding carboxylic acids is 4. The molecule has 0 saturated carbocycles. The Hall–Kier alpha value is -3.45. The van der Waals surface area contributed by atoms with Gasteiger partial charge in [-0.15, -0.1) is 0 Å². The number of phenols is 1. The second kappa shape index (κ2) is 15.5. The summed E-state index contributed by atoms with van der Waals surface area (Å²) in [6.07, 6.45) is -3.06. The van der Waals surface area contributed by atoms with Crippen LogP contribution in [0.25, 0.3) is 0 Å². The number of nitrogens with one attached hydrogen (secondary N) is 2.